The van der Waals surface area contributed by atoms with Gasteiger partial charge in [-0.3, -0.25) is 9.48 Å². The van der Waals surface area contributed by atoms with Gasteiger partial charge in [0.15, 0.2) is 5.65 Å². The van der Waals surface area contributed by atoms with E-state index in [4.69, 9.17) is 0 Å². The van der Waals surface area contributed by atoms with Gasteiger partial charge in [0.1, 0.15) is 5.69 Å². The Balaban J connectivity index is 1.61. The van der Waals surface area contributed by atoms with E-state index in [0.717, 1.165) is 28.4 Å². The molecule has 0 saturated carbocycles. The van der Waals surface area contributed by atoms with E-state index in [1.54, 1.807) is 11.0 Å². The van der Waals surface area contributed by atoms with Crippen LogP contribution in [0.2, 0.25) is 0 Å². The summed E-state index contributed by atoms with van der Waals surface area (Å²) in [6, 6.07) is 4.14. The molecule has 1 saturated heterocycles. The van der Waals surface area contributed by atoms with Crippen molar-refractivity contribution in [3.8, 4) is 0 Å². The van der Waals surface area contributed by atoms with Crippen LogP contribution in [0.3, 0.4) is 0 Å². The summed E-state index contributed by atoms with van der Waals surface area (Å²) in [5.41, 5.74) is 1.85. The molecule has 2 atom stereocenters. The summed E-state index contributed by atoms with van der Waals surface area (Å²) in [4.78, 5) is 19.1. The Hall–Kier alpha value is -2.91. The van der Waals surface area contributed by atoms with E-state index in [2.05, 4.69) is 15.2 Å². The second-order valence-corrected chi connectivity index (χ2v) is 8.32. The summed E-state index contributed by atoms with van der Waals surface area (Å²) in [6.07, 6.45) is -3.12. The summed E-state index contributed by atoms with van der Waals surface area (Å²) in [6.45, 7) is 8.22. The molecule has 0 aliphatic carbocycles. The van der Waals surface area contributed by atoms with Gasteiger partial charge in [-0.15, -0.1) is 0 Å². The molecule has 3 aromatic heterocycles. The third-order valence-electron chi connectivity index (χ3n) is 5.71. The zero-order valence-corrected chi connectivity index (χ0v) is 17.9. The molecule has 7 nitrogen and oxygen atoms in total. The second kappa shape index (κ2) is 7.65. The number of rotatable bonds is 4. The number of nitrogens with zero attached hydrogens (tertiary/aromatic N) is 6. The maximum Gasteiger partial charge on any atom is 0.433 e. The van der Waals surface area contributed by atoms with E-state index < -0.39 is 11.9 Å². The van der Waals surface area contributed by atoms with Crippen molar-refractivity contribution in [1.82, 2.24) is 29.3 Å². The minimum Gasteiger partial charge on any atom is -0.334 e. The van der Waals surface area contributed by atoms with Crippen LogP contribution in [0.4, 0.5) is 13.2 Å². The van der Waals surface area contributed by atoms with Crippen LogP contribution >= 0.6 is 0 Å². The highest BCUT2D eigenvalue weighted by Crippen LogP contribution is 2.35. The van der Waals surface area contributed by atoms with Gasteiger partial charge >= 0.3 is 6.18 Å². The van der Waals surface area contributed by atoms with Crippen molar-refractivity contribution in [1.29, 1.82) is 0 Å². The van der Waals surface area contributed by atoms with Crippen molar-refractivity contribution in [3.63, 3.8) is 0 Å². The topological polar surface area (TPSA) is 68.3 Å². The number of alkyl halides is 3. The van der Waals surface area contributed by atoms with Crippen LogP contribution in [0.1, 0.15) is 54.3 Å². The van der Waals surface area contributed by atoms with Gasteiger partial charge in [-0.25, -0.2) is 9.50 Å². The third kappa shape index (κ3) is 4.03. The highest BCUT2D eigenvalue weighted by Gasteiger charge is 2.37. The maximum atomic E-state index is 13.5. The van der Waals surface area contributed by atoms with E-state index in [-0.39, 0.29) is 29.2 Å². The fraction of sp³-hybridized carbons (Fsp3) is 0.524. The van der Waals surface area contributed by atoms with Crippen LogP contribution in [-0.4, -0.2) is 41.7 Å². The molecule has 0 N–H and O–H groups in total. The molecule has 0 spiro atoms. The second-order valence-electron chi connectivity index (χ2n) is 8.32. The summed E-state index contributed by atoms with van der Waals surface area (Å²) >= 11 is 0. The number of aryl methyl sites for hydroxylation is 3. The van der Waals surface area contributed by atoms with Crippen molar-refractivity contribution in [3.05, 3.63) is 46.7 Å². The first-order valence-electron chi connectivity index (χ1n) is 10.3. The molecule has 4 rings (SSSR count). The standard InChI is InChI=1S/C21H25F3N6O/c1-12(11-29-15(4)8-14(3)26-29)20(31)28-7-5-6-17(28)16-10-19-25-13(2)9-18(21(22,23)24)30(19)27-16/h8-10,12,17H,5-7,11H2,1-4H3/t12-,17-/m0/s1. The molecule has 0 radical (unpaired) electrons. The molecule has 0 aromatic carbocycles. The van der Waals surface area contributed by atoms with Gasteiger partial charge in [0, 0.05) is 24.0 Å². The average Bonchev–Trinajstić information content (AvgIpc) is 3.37. The van der Waals surface area contributed by atoms with Gasteiger partial charge in [0.25, 0.3) is 0 Å². The molecule has 10 heteroatoms. The minimum atomic E-state index is -4.55. The number of fused-ring (bicyclic) bond motifs is 1. The van der Waals surface area contributed by atoms with Crippen molar-refractivity contribution in [2.45, 2.75) is 59.3 Å². The van der Waals surface area contributed by atoms with Gasteiger partial charge in [-0.05, 0) is 45.7 Å². The summed E-state index contributed by atoms with van der Waals surface area (Å²) in [5.74, 6) is -0.367. The Labute approximate surface area is 177 Å². The number of likely N-dealkylation sites (tertiary alicyclic amines) is 1. The first-order chi connectivity index (χ1) is 14.5. The molecule has 4 heterocycles. The molecular formula is C21H25F3N6O. The number of carbonyl (C=O) groups is 1. The van der Waals surface area contributed by atoms with Gasteiger partial charge in [-0.2, -0.15) is 23.4 Å². The largest absolute Gasteiger partial charge is 0.433 e. The third-order valence-corrected chi connectivity index (χ3v) is 5.71. The van der Waals surface area contributed by atoms with Crippen LogP contribution in [0.25, 0.3) is 5.65 Å². The number of carbonyl (C=O) groups excluding carboxylic acids is 1. The van der Waals surface area contributed by atoms with E-state index in [9.17, 15) is 18.0 Å². The molecule has 0 bridgehead atoms. The number of aromatic nitrogens is 5. The van der Waals surface area contributed by atoms with E-state index in [0.29, 0.717) is 25.2 Å². The van der Waals surface area contributed by atoms with Crippen molar-refractivity contribution in [2.75, 3.05) is 6.54 Å². The lowest BCUT2D eigenvalue weighted by atomic mass is 10.1. The monoisotopic (exact) mass is 434 g/mol. The van der Waals surface area contributed by atoms with E-state index in [1.807, 2.05) is 31.5 Å². The lowest BCUT2D eigenvalue weighted by Gasteiger charge is -2.26. The Morgan fingerprint density at radius 1 is 1.16 bits per heavy atom. The number of hydrogen-bond acceptors (Lipinski definition) is 4. The predicted octanol–water partition coefficient (Wildman–Crippen LogP) is 3.87. The molecule has 1 amide bonds. The fourth-order valence-corrected chi connectivity index (χ4v) is 4.30. The Morgan fingerprint density at radius 3 is 2.55 bits per heavy atom. The van der Waals surface area contributed by atoms with Gasteiger partial charge in [0.2, 0.25) is 5.91 Å². The number of halogens is 3. The van der Waals surface area contributed by atoms with E-state index >= 15 is 0 Å². The smallest absolute Gasteiger partial charge is 0.334 e. The predicted molar refractivity (Wildman–Crippen MR) is 107 cm³/mol. The normalized spacial score (nSPS) is 18.2. The van der Waals surface area contributed by atoms with E-state index in [1.165, 1.54) is 6.92 Å². The van der Waals surface area contributed by atoms with Gasteiger partial charge in [0.05, 0.1) is 29.9 Å². The molecule has 1 aliphatic rings. The fourth-order valence-electron chi connectivity index (χ4n) is 4.30. The zero-order valence-electron chi connectivity index (χ0n) is 17.9. The summed E-state index contributed by atoms with van der Waals surface area (Å²) < 4.78 is 43.1. The van der Waals surface area contributed by atoms with Crippen LogP contribution in [0.5, 0.6) is 0 Å². The van der Waals surface area contributed by atoms with Crippen LogP contribution in [0.15, 0.2) is 18.2 Å². The Bertz CT molecular complexity index is 1130. The van der Waals surface area contributed by atoms with Gasteiger partial charge in [-0.1, -0.05) is 6.92 Å². The van der Waals surface area contributed by atoms with Gasteiger partial charge < -0.3 is 4.90 Å². The molecule has 166 valence electrons. The minimum absolute atomic E-state index is 0.0488. The quantitative estimate of drug-likeness (QED) is 0.625. The van der Waals surface area contributed by atoms with Crippen LogP contribution in [0, 0.1) is 26.7 Å². The molecule has 31 heavy (non-hydrogen) atoms. The lowest BCUT2D eigenvalue weighted by molar-refractivity contribution is -0.143. The highest BCUT2D eigenvalue weighted by atomic mass is 19.4. The molecule has 3 aromatic rings. The van der Waals surface area contributed by atoms with Crippen LogP contribution < -0.4 is 0 Å². The molecule has 0 unspecified atom stereocenters. The molecule has 1 fully saturated rings. The van der Waals surface area contributed by atoms with Crippen LogP contribution in [-0.2, 0) is 17.5 Å². The van der Waals surface area contributed by atoms with Crippen molar-refractivity contribution in [2.24, 2.45) is 5.92 Å². The first-order valence-corrected chi connectivity index (χ1v) is 10.3. The average molecular weight is 434 g/mol. The molecule has 1 aliphatic heterocycles. The molecular weight excluding hydrogens is 409 g/mol. The highest BCUT2D eigenvalue weighted by molar-refractivity contribution is 5.79. The Morgan fingerprint density at radius 2 is 1.90 bits per heavy atom. The van der Waals surface area contributed by atoms with Crippen molar-refractivity contribution >= 4 is 11.6 Å². The lowest BCUT2D eigenvalue weighted by Crippen LogP contribution is -2.36. The zero-order chi connectivity index (χ0) is 22.5. The summed E-state index contributed by atoms with van der Waals surface area (Å²) in [5, 5.41) is 8.64. The Kier molecular flexibility index (Phi) is 5.26. The van der Waals surface area contributed by atoms with Crippen molar-refractivity contribution < 1.29 is 18.0 Å². The number of amides is 1. The summed E-state index contributed by atoms with van der Waals surface area (Å²) in [7, 11) is 0. The number of hydrogen-bond donors (Lipinski definition) is 0. The maximum absolute atomic E-state index is 13.5. The SMILES string of the molecule is Cc1cc(C(F)(F)F)n2nc([C@@H]3CCCN3C(=O)[C@@H](C)Cn3nc(C)cc3C)cc2n1. The first kappa shape index (κ1) is 21.3.